The molecule has 0 spiro atoms. The number of aromatic nitrogens is 1. The van der Waals surface area contributed by atoms with Crippen LogP contribution in [0.1, 0.15) is 10.5 Å². The summed E-state index contributed by atoms with van der Waals surface area (Å²) in [5.41, 5.74) is 0.424. The van der Waals surface area contributed by atoms with Crippen LogP contribution < -0.4 is 0 Å². The van der Waals surface area contributed by atoms with Gasteiger partial charge in [-0.1, -0.05) is 6.07 Å². The van der Waals surface area contributed by atoms with Crippen LogP contribution in [0.15, 0.2) is 24.4 Å². The maximum atomic E-state index is 12.4. The quantitative estimate of drug-likeness (QED) is 0.758. The number of piperazine rings is 1. The van der Waals surface area contributed by atoms with Crippen molar-refractivity contribution < 1.29 is 9.59 Å². The smallest absolute Gasteiger partial charge is 0.272 e. The molecule has 0 unspecified atom stereocenters. The van der Waals surface area contributed by atoms with Crippen LogP contribution in [0.3, 0.4) is 0 Å². The van der Waals surface area contributed by atoms with Crippen LogP contribution in [-0.4, -0.2) is 78.3 Å². The lowest BCUT2D eigenvalue weighted by atomic mass is 10.1. The van der Waals surface area contributed by atoms with Crippen molar-refractivity contribution in [2.75, 3.05) is 40.8 Å². The second-order valence-electron chi connectivity index (χ2n) is 5.20. The van der Waals surface area contributed by atoms with Crippen LogP contribution in [0.4, 0.5) is 0 Å². The van der Waals surface area contributed by atoms with Gasteiger partial charge >= 0.3 is 0 Å². The summed E-state index contributed by atoms with van der Waals surface area (Å²) in [7, 11) is 5.38. The molecular formula is C14H20N4O2. The predicted molar refractivity (Wildman–Crippen MR) is 75.3 cm³/mol. The monoisotopic (exact) mass is 276 g/mol. The molecule has 108 valence electrons. The number of hydrogen-bond donors (Lipinski definition) is 0. The Kier molecular flexibility index (Phi) is 4.34. The SMILES string of the molecule is CN(C)C(=O)[C@@H]1CN(C(=O)c2ccccn2)CCN1C. The van der Waals surface area contributed by atoms with Gasteiger partial charge in [0, 0.05) is 39.9 Å². The molecule has 2 amide bonds. The van der Waals surface area contributed by atoms with E-state index in [4.69, 9.17) is 0 Å². The van der Waals surface area contributed by atoms with Gasteiger partial charge < -0.3 is 9.80 Å². The van der Waals surface area contributed by atoms with E-state index in [0.717, 1.165) is 0 Å². The Morgan fingerprint density at radius 1 is 1.30 bits per heavy atom. The zero-order valence-corrected chi connectivity index (χ0v) is 12.1. The molecule has 6 heteroatoms. The first kappa shape index (κ1) is 14.5. The summed E-state index contributed by atoms with van der Waals surface area (Å²) in [5, 5.41) is 0. The minimum atomic E-state index is -0.286. The molecule has 0 aromatic carbocycles. The third kappa shape index (κ3) is 2.96. The maximum Gasteiger partial charge on any atom is 0.272 e. The number of pyridine rings is 1. The minimum absolute atomic E-state index is 0.0195. The molecule has 0 bridgehead atoms. The average Bonchev–Trinajstić information content (AvgIpc) is 2.47. The molecule has 1 atom stereocenters. The highest BCUT2D eigenvalue weighted by Gasteiger charge is 2.33. The Balaban J connectivity index is 2.11. The summed E-state index contributed by atoms with van der Waals surface area (Å²) in [5.74, 6) is -0.0960. The van der Waals surface area contributed by atoms with Gasteiger partial charge in [-0.15, -0.1) is 0 Å². The summed E-state index contributed by atoms with van der Waals surface area (Å²) >= 11 is 0. The maximum absolute atomic E-state index is 12.4. The highest BCUT2D eigenvalue weighted by atomic mass is 16.2. The van der Waals surface area contributed by atoms with Crippen LogP contribution in [0.25, 0.3) is 0 Å². The van der Waals surface area contributed by atoms with E-state index in [1.165, 1.54) is 0 Å². The van der Waals surface area contributed by atoms with Crippen molar-refractivity contribution in [2.24, 2.45) is 0 Å². The Bertz CT molecular complexity index is 489. The third-order valence-electron chi connectivity index (χ3n) is 3.55. The second-order valence-corrected chi connectivity index (χ2v) is 5.20. The van der Waals surface area contributed by atoms with Crippen LogP contribution in [0, 0.1) is 0 Å². The molecule has 1 fully saturated rings. The van der Waals surface area contributed by atoms with Crippen molar-refractivity contribution in [1.82, 2.24) is 19.7 Å². The van der Waals surface area contributed by atoms with Crippen LogP contribution in [-0.2, 0) is 4.79 Å². The molecule has 20 heavy (non-hydrogen) atoms. The molecule has 0 radical (unpaired) electrons. The normalized spacial score (nSPS) is 19.8. The van der Waals surface area contributed by atoms with Gasteiger partial charge in [0.25, 0.3) is 5.91 Å². The first-order chi connectivity index (χ1) is 9.50. The van der Waals surface area contributed by atoms with Crippen LogP contribution in [0.2, 0.25) is 0 Å². The van der Waals surface area contributed by atoms with Crippen molar-refractivity contribution in [1.29, 1.82) is 0 Å². The van der Waals surface area contributed by atoms with Gasteiger partial charge in [0.2, 0.25) is 5.91 Å². The van der Waals surface area contributed by atoms with Gasteiger partial charge in [-0.2, -0.15) is 0 Å². The molecule has 2 heterocycles. The third-order valence-corrected chi connectivity index (χ3v) is 3.55. The number of hydrogen-bond acceptors (Lipinski definition) is 4. The number of likely N-dealkylation sites (N-methyl/N-ethyl adjacent to an activating group) is 2. The lowest BCUT2D eigenvalue weighted by Crippen LogP contribution is -2.58. The molecular weight excluding hydrogens is 256 g/mol. The van der Waals surface area contributed by atoms with Gasteiger partial charge in [-0.05, 0) is 19.2 Å². The molecule has 1 aliphatic rings. The largest absolute Gasteiger partial charge is 0.347 e. The van der Waals surface area contributed by atoms with Gasteiger partial charge in [-0.3, -0.25) is 19.5 Å². The summed E-state index contributed by atoms with van der Waals surface area (Å²) < 4.78 is 0. The highest BCUT2D eigenvalue weighted by Crippen LogP contribution is 2.12. The lowest BCUT2D eigenvalue weighted by molar-refractivity contribution is -0.135. The Morgan fingerprint density at radius 2 is 2.05 bits per heavy atom. The molecule has 1 aromatic rings. The molecule has 1 aliphatic heterocycles. The second kappa shape index (κ2) is 6.00. The highest BCUT2D eigenvalue weighted by molar-refractivity contribution is 5.93. The molecule has 1 saturated heterocycles. The average molecular weight is 276 g/mol. The molecule has 6 nitrogen and oxygen atoms in total. The zero-order valence-electron chi connectivity index (χ0n) is 12.1. The van der Waals surface area contributed by atoms with E-state index in [-0.39, 0.29) is 17.9 Å². The first-order valence-electron chi connectivity index (χ1n) is 6.62. The van der Waals surface area contributed by atoms with Crippen molar-refractivity contribution in [3.05, 3.63) is 30.1 Å². The summed E-state index contributed by atoms with van der Waals surface area (Å²) in [6.45, 7) is 1.70. The standard InChI is InChI=1S/C14H20N4O2/c1-16(2)14(20)12-10-18(9-8-17(12)3)13(19)11-6-4-5-7-15-11/h4-7,12H,8-10H2,1-3H3/t12-/m0/s1. The summed E-state index contributed by atoms with van der Waals surface area (Å²) in [4.78, 5) is 33.8. The van der Waals surface area contributed by atoms with E-state index >= 15 is 0 Å². The van der Waals surface area contributed by atoms with E-state index in [0.29, 0.717) is 25.3 Å². The number of carbonyl (C=O) groups is 2. The number of rotatable bonds is 2. The van der Waals surface area contributed by atoms with E-state index in [1.807, 2.05) is 11.9 Å². The summed E-state index contributed by atoms with van der Waals surface area (Å²) in [6.07, 6.45) is 1.60. The molecule has 2 rings (SSSR count). The number of nitrogens with zero attached hydrogens (tertiary/aromatic N) is 4. The van der Waals surface area contributed by atoms with E-state index in [9.17, 15) is 9.59 Å². The molecule has 0 aliphatic carbocycles. The van der Waals surface area contributed by atoms with Crippen molar-refractivity contribution in [3.8, 4) is 0 Å². The van der Waals surface area contributed by atoms with Gasteiger partial charge in [0.1, 0.15) is 11.7 Å². The number of carbonyl (C=O) groups excluding carboxylic acids is 2. The molecule has 0 saturated carbocycles. The fourth-order valence-corrected chi connectivity index (χ4v) is 2.27. The van der Waals surface area contributed by atoms with Gasteiger partial charge in [0.05, 0.1) is 0 Å². The fraction of sp³-hybridized carbons (Fsp3) is 0.500. The van der Waals surface area contributed by atoms with Crippen molar-refractivity contribution in [2.45, 2.75) is 6.04 Å². The predicted octanol–water partition coefficient (Wildman–Crippen LogP) is -0.0740. The molecule has 0 N–H and O–H groups in total. The van der Waals surface area contributed by atoms with E-state index in [2.05, 4.69) is 4.98 Å². The Hall–Kier alpha value is -1.95. The summed E-state index contributed by atoms with van der Waals surface area (Å²) in [6, 6.07) is 4.98. The van der Waals surface area contributed by atoms with Gasteiger partial charge in [0.15, 0.2) is 0 Å². The Labute approximate surface area is 119 Å². The van der Waals surface area contributed by atoms with Crippen molar-refractivity contribution >= 4 is 11.8 Å². The minimum Gasteiger partial charge on any atom is -0.347 e. The van der Waals surface area contributed by atoms with Crippen LogP contribution >= 0.6 is 0 Å². The zero-order chi connectivity index (χ0) is 14.7. The van der Waals surface area contributed by atoms with Crippen molar-refractivity contribution in [3.63, 3.8) is 0 Å². The topological polar surface area (TPSA) is 56.8 Å². The first-order valence-corrected chi connectivity index (χ1v) is 6.62. The van der Waals surface area contributed by atoms with E-state index in [1.54, 1.807) is 48.3 Å². The van der Waals surface area contributed by atoms with E-state index < -0.39 is 0 Å². The fourth-order valence-electron chi connectivity index (χ4n) is 2.27. The molecule has 1 aromatic heterocycles. The number of amides is 2. The van der Waals surface area contributed by atoms with Crippen LogP contribution in [0.5, 0.6) is 0 Å². The Morgan fingerprint density at radius 3 is 2.65 bits per heavy atom. The van der Waals surface area contributed by atoms with Gasteiger partial charge in [-0.25, -0.2) is 0 Å². The lowest BCUT2D eigenvalue weighted by Gasteiger charge is -2.39.